The Labute approximate surface area is 132 Å². The number of rotatable bonds is 7. The maximum atomic E-state index is 12.5. The van der Waals surface area contributed by atoms with Gasteiger partial charge in [-0.25, -0.2) is 13.1 Å². The highest BCUT2D eigenvalue weighted by Crippen LogP contribution is 2.28. The lowest BCUT2D eigenvalue weighted by atomic mass is 9.99. The molecule has 0 aliphatic heterocycles. The zero-order valence-corrected chi connectivity index (χ0v) is 13.7. The number of benzene rings is 1. The quantitative estimate of drug-likeness (QED) is 0.751. The predicted octanol–water partition coefficient (Wildman–Crippen LogP) is 2.08. The number of hydrogen-bond donors (Lipinski definition) is 2. The molecule has 122 valence electrons. The predicted molar refractivity (Wildman–Crippen MR) is 86.2 cm³/mol. The third-order valence-corrected chi connectivity index (χ3v) is 5.80. The lowest BCUT2D eigenvalue weighted by molar-refractivity contribution is 0.0988. The van der Waals surface area contributed by atoms with Crippen LogP contribution in [0.15, 0.2) is 29.2 Å². The van der Waals surface area contributed by atoms with Crippen molar-refractivity contribution in [3.8, 4) is 0 Å². The van der Waals surface area contributed by atoms with E-state index in [1.165, 1.54) is 12.1 Å². The van der Waals surface area contributed by atoms with Crippen LogP contribution in [0.25, 0.3) is 0 Å². The van der Waals surface area contributed by atoms with Crippen LogP contribution in [-0.2, 0) is 10.0 Å². The van der Waals surface area contributed by atoms with Gasteiger partial charge < -0.3 is 5.73 Å². The third-order valence-electron chi connectivity index (χ3n) is 4.32. The molecule has 1 aliphatic rings. The van der Waals surface area contributed by atoms with Gasteiger partial charge in [0, 0.05) is 24.6 Å². The smallest absolute Gasteiger partial charge is 0.240 e. The summed E-state index contributed by atoms with van der Waals surface area (Å²) in [6.45, 7) is 2.05. The highest BCUT2D eigenvalue weighted by molar-refractivity contribution is 7.89. The largest absolute Gasteiger partial charge is 0.329 e. The number of Topliss-reactive ketones (excluding diaryl/α,β-unsaturated/α-hetero) is 1. The Bertz CT molecular complexity index is 622. The van der Waals surface area contributed by atoms with Crippen molar-refractivity contribution < 1.29 is 13.2 Å². The molecule has 1 aliphatic carbocycles. The zero-order valence-electron chi connectivity index (χ0n) is 12.9. The highest BCUT2D eigenvalue weighted by atomic mass is 32.2. The van der Waals surface area contributed by atoms with Crippen LogP contribution in [-0.4, -0.2) is 26.8 Å². The molecule has 1 saturated carbocycles. The molecule has 1 fully saturated rings. The average molecular weight is 324 g/mol. The van der Waals surface area contributed by atoms with Crippen LogP contribution in [0, 0.1) is 5.92 Å². The fourth-order valence-electron chi connectivity index (χ4n) is 3.00. The van der Waals surface area contributed by atoms with Crippen molar-refractivity contribution in [2.45, 2.75) is 50.0 Å². The fraction of sp³-hybridized carbons (Fsp3) is 0.562. The SMILES string of the molecule is CCC(=O)c1cccc(S(=O)(=O)NC(CN)C2CCCC2)c1. The van der Waals surface area contributed by atoms with Crippen molar-refractivity contribution >= 4 is 15.8 Å². The van der Waals surface area contributed by atoms with Crippen molar-refractivity contribution in [2.24, 2.45) is 11.7 Å². The second-order valence-corrected chi connectivity index (χ2v) is 7.53. The van der Waals surface area contributed by atoms with Crippen LogP contribution >= 0.6 is 0 Å². The molecule has 0 bridgehead atoms. The van der Waals surface area contributed by atoms with E-state index in [9.17, 15) is 13.2 Å². The summed E-state index contributed by atoms with van der Waals surface area (Å²) >= 11 is 0. The summed E-state index contributed by atoms with van der Waals surface area (Å²) in [5.74, 6) is 0.239. The summed E-state index contributed by atoms with van der Waals surface area (Å²) in [4.78, 5) is 11.9. The van der Waals surface area contributed by atoms with E-state index in [-0.39, 0.29) is 23.3 Å². The van der Waals surface area contributed by atoms with Crippen molar-refractivity contribution in [2.75, 3.05) is 6.54 Å². The molecular formula is C16H24N2O3S. The van der Waals surface area contributed by atoms with Gasteiger partial charge in [-0.2, -0.15) is 0 Å². The summed E-state index contributed by atoms with van der Waals surface area (Å²) in [6.07, 6.45) is 4.63. The Hall–Kier alpha value is -1.24. The van der Waals surface area contributed by atoms with Crippen molar-refractivity contribution in [3.63, 3.8) is 0 Å². The molecule has 1 unspecified atom stereocenters. The van der Waals surface area contributed by atoms with E-state index in [1.54, 1.807) is 19.1 Å². The van der Waals surface area contributed by atoms with E-state index in [0.29, 0.717) is 17.9 Å². The zero-order chi connectivity index (χ0) is 16.2. The topological polar surface area (TPSA) is 89.3 Å². The highest BCUT2D eigenvalue weighted by Gasteiger charge is 2.28. The van der Waals surface area contributed by atoms with E-state index in [4.69, 9.17) is 5.73 Å². The molecule has 0 heterocycles. The van der Waals surface area contributed by atoms with Crippen molar-refractivity contribution in [3.05, 3.63) is 29.8 Å². The maximum Gasteiger partial charge on any atom is 0.240 e. The summed E-state index contributed by atoms with van der Waals surface area (Å²) in [7, 11) is -3.66. The number of nitrogens with two attached hydrogens (primary N) is 1. The number of ketones is 1. The summed E-state index contributed by atoms with van der Waals surface area (Å²) < 4.78 is 27.8. The van der Waals surface area contributed by atoms with Gasteiger partial charge in [-0.1, -0.05) is 31.9 Å². The average Bonchev–Trinajstić information content (AvgIpc) is 3.06. The van der Waals surface area contributed by atoms with Gasteiger partial charge in [-0.15, -0.1) is 0 Å². The van der Waals surface area contributed by atoms with E-state index < -0.39 is 10.0 Å². The van der Waals surface area contributed by atoms with E-state index in [0.717, 1.165) is 25.7 Å². The standard InChI is InChI=1S/C16H24N2O3S/c1-2-16(19)13-8-5-9-14(10-13)22(20,21)18-15(11-17)12-6-3-4-7-12/h5,8-10,12,15,18H,2-4,6-7,11,17H2,1H3. The van der Waals surface area contributed by atoms with Crippen LogP contribution in [0.4, 0.5) is 0 Å². The van der Waals surface area contributed by atoms with E-state index in [2.05, 4.69) is 4.72 Å². The number of carbonyl (C=O) groups excluding carboxylic acids is 1. The van der Waals surface area contributed by atoms with Crippen LogP contribution in [0.2, 0.25) is 0 Å². The van der Waals surface area contributed by atoms with E-state index in [1.807, 2.05) is 0 Å². The minimum Gasteiger partial charge on any atom is -0.329 e. The molecule has 0 amide bonds. The molecule has 1 aromatic rings. The van der Waals surface area contributed by atoms with Gasteiger partial charge in [0.25, 0.3) is 0 Å². The summed E-state index contributed by atoms with van der Waals surface area (Å²) in [5.41, 5.74) is 6.18. The van der Waals surface area contributed by atoms with Gasteiger partial charge in [0.2, 0.25) is 10.0 Å². The molecule has 5 nitrogen and oxygen atoms in total. The Morgan fingerprint density at radius 2 is 2.05 bits per heavy atom. The number of hydrogen-bond acceptors (Lipinski definition) is 4. The number of sulfonamides is 1. The van der Waals surface area contributed by atoms with Crippen LogP contribution in [0.1, 0.15) is 49.4 Å². The molecule has 0 radical (unpaired) electrons. The van der Waals surface area contributed by atoms with Crippen LogP contribution < -0.4 is 10.5 Å². The number of nitrogens with one attached hydrogen (secondary N) is 1. The molecule has 1 atom stereocenters. The van der Waals surface area contributed by atoms with Gasteiger partial charge in [0.05, 0.1) is 4.90 Å². The van der Waals surface area contributed by atoms with Crippen molar-refractivity contribution in [1.29, 1.82) is 0 Å². The lowest BCUT2D eigenvalue weighted by Gasteiger charge is -2.23. The van der Waals surface area contributed by atoms with Gasteiger partial charge in [-0.3, -0.25) is 4.79 Å². The molecule has 1 aromatic carbocycles. The molecule has 22 heavy (non-hydrogen) atoms. The summed E-state index contributed by atoms with van der Waals surface area (Å²) in [6, 6.07) is 5.96. The minimum absolute atomic E-state index is 0.0665. The van der Waals surface area contributed by atoms with Gasteiger partial charge >= 0.3 is 0 Å². The van der Waals surface area contributed by atoms with Gasteiger partial charge in [0.1, 0.15) is 0 Å². The second-order valence-electron chi connectivity index (χ2n) is 5.81. The molecule has 0 spiro atoms. The lowest BCUT2D eigenvalue weighted by Crippen LogP contribution is -2.44. The Kier molecular flexibility index (Phi) is 5.72. The monoisotopic (exact) mass is 324 g/mol. The van der Waals surface area contributed by atoms with Crippen LogP contribution in [0.5, 0.6) is 0 Å². The molecule has 3 N–H and O–H groups in total. The fourth-order valence-corrected chi connectivity index (χ4v) is 4.37. The van der Waals surface area contributed by atoms with Gasteiger partial charge in [-0.05, 0) is 30.9 Å². The Morgan fingerprint density at radius 1 is 1.36 bits per heavy atom. The first-order chi connectivity index (χ1) is 10.5. The first kappa shape index (κ1) is 17.1. The first-order valence-electron chi connectivity index (χ1n) is 7.83. The van der Waals surface area contributed by atoms with Crippen LogP contribution in [0.3, 0.4) is 0 Å². The third kappa shape index (κ3) is 3.94. The molecule has 2 rings (SSSR count). The normalized spacial score (nSPS) is 17.5. The Morgan fingerprint density at radius 3 is 2.64 bits per heavy atom. The Balaban J connectivity index is 2.20. The molecule has 6 heteroatoms. The maximum absolute atomic E-state index is 12.5. The minimum atomic E-state index is -3.66. The number of carbonyl (C=O) groups is 1. The molecular weight excluding hydrogens is 300 g/mol. The summed E-state index contributed by atoms with van der Waals surface area (Å²) in [5, 5.41) is 0. The van der Waals surface area contributed by atoms with E-state index >= 15 is 0 Å². The second kappa shape index (κ2) is 7.35. The van der Waals surface area contributed by atoms with Gasteiger partial charge in [0.15, 0.2) is 5.78 Å². The first-order valence-corrected chi connectivity index (χ1v) is 9.32. The van der Waals surface area contributed by atoms with Crippen molar-refractivity contribution in [1.82, 2.24) is 4.72 Å². The molecule has 0 aromatic heterocycles. The molecule has 0 saturated heterocycles.